The van der Waals surface area contributed by atoms with E-state index in [0.717, 1.165) is 37.1 Å². The topological polar surface area (TPSA) is 15.3 Å². The lowest BCUT2D eigenvalue weighted by molar-refractivity contribution is 0.160. The minimum absolute atomic E-state index is 0. The van der Waals surface area contributed by atoms with Crippen LogP contribution in [0, 0.1) is 5.92 Å². The van der Waals surface area contributed by atoms with Crippen LogP contribution in [-0.4, -0.2) is 31.1 Å². The van der Waals surface area contributed by atoms with Gasteiger partial charge < -0.3 is 5.32 Å². The summed E-state index contributed by atoms with van der Waals surface area (Å²) in [6, 6.07) is 9.01. The van der Waals surface area contributed by atoms with Crippen LogP contribution in [0.25, 0.3) is 0 Å². The van der Waals surface area contributed by atoms with Gasteiger partial charge in [-0.15, -0.1) is 24.8 Å². The zero-order valence-electron chi connectivity index (χ0n) is 11.6. The molecule has 1 atom stereocenters. The zero-order valence-corrected chi connectivity index (χ0v) is 13.9. The molecule has 1 saturated carbocycles. The Kier molecular flexibility index (Phi) is 7.63. The van der Waals surface area contributed by atoms with Gasteiger partial charge >= 0.3 is 0 Å². The lowest BCUT2D eigenvalue weighted by atomic mass is 9.99. The van der Waals surface area contributed by atoms with Gasteiger partial charge in [0.2, 0.25) is 0 Å². The Morgan fingerprint density at radius 3 is 2.50 bits per heavy atom. The van der Waals surface area contributed by atoms with Gasteiger partial charge in [-0.05, 0) is 30.0 Å². The number of hydrogen-bond donors (Lipinski definition) is 1. The van der Waals surface area contributed by atoms with Gasteiger partial charge in [0.15, 0.2) is 0 Å². The Hall–Kier alpha value is 0.01000. The highest BCUT2D eigenvalue weighted by Crippen LogP contribution is 2.40. The smallest absolute Gasteiger partial charge is 0.0409 e. The molecule has 2 nitrogen and oxygen atoms in total. The number of nitrogens with one attached hydrogen (secondary N) is 1. The first-order valence-electron chi connectivity index (χ1n) is 7.03. The summed E-state index contributed by atoms with van der Waals surface area (Å²) in [4.78, 5) is 2.63. The average Bonchev–Trinajstić information content (AvgIpc) is 3.21. The molecule has 0 radical (unpaired) electrons. The molecule has 1 N–H and O–H groups in total. The number of rotatable bonds is 4. The van der Waals surface area contributed by atoms with E-state index in [1.54, 1.807) is 0 Å². The molecule has 20 heavy (non-hydrogen) atoms. The van der Waals surface area contributed by atoms with Gasteiger partial charge in [0.1, 0.15) is 0 Å². The maximum Gasteiger partial charge on any atom is 0.0409 e. The normalized spacial score (nSPS) is 20.6. The Morgan fingerprint density at radius 1 is 1.20 bits per heavy atom. The number of hydrogen-bond acceptors (Lipinski definition) is 2. The summed E-state index contributed by atoms with van der Waals surface area (Å²) < 4.78 is 0. The fraction of sp³-hybridized carbons (Fsp3) is 0.600. The summed E-state index contributed by atoms with van der Waals surface area (Å²) in [5, 5.41) is 4.30. The predicted octanol–water partition coefficient (Wildman–Crippen LogP) is 3.93. The number of nitrogens with zero attached hydrogens (tertiary/aromatic N) is 1. The van der Waals surface area contributed by atoms with Gasteiger partial charge in [-0.2, -0.15) is 0 Å². The van der Waals surface area contributed by atoms with E-state index in [-0.39, 0.29) is 24.8 Å². The fourth-order valence-electron chi connectivity index (χ4n) is 2.87. The van der Waals surface area contributed by atoms with Crippen LogP contribution in [-0.2, 0) is 0 Å². The van der Waals surface area contributed by atoms with Crippen LogP contribution in [0.2, 0.25) is 5.02 Å². The van der Waals surface area contributed by atoms with Crippen molar-refractivity contribution in [1.82, 2.24) is 10.2 Å². The summed E-state index contributed by atoms with van der Waals surface area (Å²) in [5.74, 6) is 0.948. The molecule has 0 spiro atoms. The molecule has 1 aliphatic carbocycles. The van der Waals surface area contributed by atoms with Crippen molar-refractivity contribution >= 4 is 36.4 Å². The third kappa shape index (κ3) is 4.78. The first-order valence-corrected chi connectivity index (χ1v) is 7.41. The maximum absolute atomic E-state index is 6.15. The molecular formula is C15H23Cl3N2. The summed E-state index contributed by atoms with van der Waals surface area (Å²) in [6.07, 6.45) is 4.15. The van der Waals surface area contributed by atoms with Crippen molar-refractivity contribution in [2.75, 3.05) is 26.2 Å². The van der Waals surface area contributed by atoms with Crippen LogP contribution in [0.15, 0.2) is 24.3 Å². The molecule has 1 aromatic carbocycles. The van der Waals surface area contributed by atoms with Crippen molar-refractivity contribution in [1.29, 1.82) is 0 Å². The van der Waals surface area contributed by atoms with Gasteiger partial charge in [-0.1, -0.05) is 36.6 Å². The molecule has 0 aromatic heterocycles. The van der Waals surface area contributed by atoms with E-state index in [2.05, 4.69) is 28.4 Å². The largest absolute Gasteiger partial charge is 0.314 e. The molecule has 1 aromatic rings. The standard InChI is InChI=1S/C15H21ClN2.2ClH/c16-14-3-1-2-13(11-14)15(10-12-4-5-12)18-8-6-17-7-9-18;;/h1-3,11-12,15,17H,4-10H2;2*1H/t15-;;/m0../s1. The first kappa shape index (κ1) is 18.1. The molecule has 114 valence electrons. The molecule has 2 aliphatic rings. The Morgan fingerprint density at radius 2 is 1.90 bits per heavy atom. The summed E-state index contributed by atoms with van der Waals surface area (Å²) >= 11 is 6.15. The van der Waals surface area contributed by atoms with Crippen molar-refractivity contribution in [3.8, 4) is 0 Å². The molecular weight excluding hydrogens is 315 g/mol. The van der Waals surface area contributed by atoms with Gasteiger partial charge in [0, 0.05) is 37.2 Å². The van der Waals surface area contributed by atoms with E-state index in [0.29, 0.717) is 6.04 Å². The van der Waals surface area contributed by atoms with Crippen LogP contribution in [0.3, 0.4) is 0 Å². The van der Waals surface area contributed by atoms with Crippen LogP contribution >= 0.6 is 36.4 Å². The molecule has 0 amide bonds. The molecule has 5 heteroatoms. The minimum Gasteiger partial charge on any atom is -0.314 e. The lowest BCUT2D eigenvalue weighted by Crippen LogP contribution is -2.45. The van der Waals surface area contributed by atoms with E-state index >= 15 is 0 Å². The molecule has 1 aliphatic heterocycles. The Balaban J connectivity index is 0.000001000. The van der Waals surface area contributed by atoms with Gasteiger partial charge in [0.05, 0.1) is 0 Å². The van der Waals surface area contributed by atoms with E-state index in [9.17, 15) is 0 Å². The van der Waals surface area contributed by atoms with Crippen molar-refractivity contribution in [2.45, 2.75) is 25.3 Å². The highest BCUT2D eigenvalue weighted by Gasteiger charge is 2.30. The van der Waals surface area contributed by atoms with Crippen LogP contribution in [0.4, 0.5) is 0 Å². The van der Waals surface area contributed by atoms with Crippen molar-refractivity contribution < 1.29 is 0 Å². The monoisotopic (exact) mass is 336 g/mol. The highest BCUT2D eigenvalue weighted by molar-refractivity contribution is 6.30. The molecule has 1 saturated heterocycles. The second kappa shape index (κ2) is 8.45. The second-order valence-corrected chi connectivity index (χ2v) is 5.97. The molecule has 0 bridgehead atoms. The average molecular weight is 338 g/mol. The molecule has 1 heterocycles. The summed E-state index contributed by atoms with van der Waals surface area (Å²) in [5.41, 5.74) is 1.40. The lowest BCUT2D eigenvalue weighted by Gasteiger charge is -2.35. The molecule has 3 rings (SSSR count). The molecule has 0 unspecified atom stereocenters. The van der Waals surface area contributed by atoms with E-state index in [1.165, 1.54) is 24.8 Å². The van der Waals surface area contributed by atoms with Crippen molar-refractivity contribution in [3.63, 3.8) is 0 Å². The maximum atomic E-state index is 6.15. The second-order valence-electron chi connectivity index (χ2n) is 5.54. The summed E-state index contributed by atoms with van der Waals surface area (Å²) in [7, 11) is 0. The summed E-state index contributed by atoms with van der Waals surface area (Å²) in [6.45, 7) is 4.54. The van der Waals surface area contributed by atoms with Crippen molar-refractivity contribution in [3.05, 3.63) is 34.9 Å². The highest BCUT2D eigenvalue weighted by atomic mass is 35.5. The Labute approximate surface area is 139 Å². The van der Waals surface area contributed by atoms with Crippen LogP contribution < -0.4 is 5.32 Å². The quantitative estimate of drug-likeness (QED) is 0.895. The van der Waals surface area contributed by atoms with E-state index < -0.39 is 0 Å². The number of piperazine rings is 1. The first-order chi connectivity index (χ1) is 8.83. The van der Waals surface area contributed by atoms with Crippen LogP contribution in [0.5, 0.6) is 0 Å². The minimum atomic E-state index is 0. The Bertz CT molecular complexity index is 404. The van der Waals surface area contributed by atoms with Gasteiger partial charge in [0.25, 0.3) is 0 Å². The van der Waals surface area contributed by atoms with Crippen molar-refractivity contribution in [2.24, 2.45) is 5.92 Å². The van der Waals surface area contributed by atoms with E-state index in [4.69, 9.17) is 11.6 Å². The van der Waals surface area contributed by atoms with E-state index in [1.807, 2.05) is 6.07 Å². The zero-order chi connectivity index (χ0) is 12.4. The SMILES string of the molecule is Cl.Cl.Clc1cccc([C@H](CC2CC2)N2CCNCC2)c1. The number of halogens is 3. The number of benzene rings is 1. The fourth-order valence-corrected chi connectivity index (χ4v) is 3.07. The van der Waals surface area contributed by atoms with Gasteiger partial charge in [-0.25, -0.2) is 0 Å². The third-order valence-corrected chi connectivity index (χ3v) is 4.31. The predicted molar refractivity (Wildman–Crippen MR) is 90.5 cm³/mol. The third-order valence-electron chi connectivity index (χ3n) is 4.08. The molecule has 2 fully saturated rings. The van der Waals surface area contributed by atoms with Gasteiger partial charge in [-0.3, -0.25) is 4.90 Å². The van der Waals surface area contributed by atoms with Crippen LogP contribution in [0.1, 0.15) is 30.9 Å².